The minimum absolute atomic E-state index is 0.0803. The number of nitro benzene ring substituents is 1. The Morgan fingerprint density at radius 1 is 1.35 bits per heavy atom. The van der Waals surface area contributed by atoms with Crippen LogP contribution in [0.1, 0.15) is 13.3 Å². The smallest absolute Gasteiger partial charge is 0.270 e. The summed E-state index contributed by atoms with van der Waals surface area (Å²) in [7, 11) is 0. The van der Waals surface area contributed by atoms with Crippen LogP contribution in [-0.4, -0.2) is 29.7 Å². The van der Waals surface area contributed by atoms with Gasteiger partial charge in [-0.05, 0) is 31.5 Å². The van der Waals surface area contributed by atoms with Crippen molar-refractivity contribution in [1.82, 2.24) is 4.98 Å². The monoisotopic (exact) mass is 275 g/mol. The van der Waals surface area contributed by atoms with Gasteiger partial charge in [-0.3, -0.25) is 10.1 Å². The molecule has 1 aromatic carbocycles. The highest BCUT2D eigenvalue weighted by Crippen LogP contribution is 2.20. The molecule has 1 N–H and O–H groups in total. The number of nitrogens with zero attached hydrogens (tertiary/aromatic N) is 2. The number of non-ortho nitro benzene ring substituents is 1. The van der Waals surface area contributed by atoms with E-state index >= 15 is 0 Å². The number of nitro groups is 1. The van der Waals surface area contributed by atoms with Crippen molar-refractivity contribution in [2.24, 2.45) is 0 Å². The number of aromatic nitrogens is 1. The Morgan fingerprint density at radius 2 is 2.20 bits per heavy atom. The van der Waals surface area contributed by atoms with Crippen LogP contribution in [0.15, 0.2) is 30.3 Å². The highest BCUT2D eigenvalue weighted by Gasteiger charge is 2.06. The summed E-state index contributed by atoms with van der Waals surface area (Å²) in [5.74, 6) is 0.767. The molecule has 0 spiro atoms. The quantitative estimate of drug-likeness (QED) is 0.477. The van der Waals surface area contributed by atoms with E-state index < -0.39 is 4.92 Å². The van der Waals surface area contributed by atoms with Crippen molar-refractivity contribution in [2.45, 2.75) is 13.3 Å². The summed E-state index contributed by atoms with van der Waals surface area (Å²) in [5.41, 5.74) is 0.821. The summed E-state index contributed by atoms with van der Waals surface area (Å²) in [6.45, 7) is 4.21. The molecule has 0 fully saturated rings. The highest BCUT2D eigenvalue weighted by molar-refractivity contribution is 5.82. The molecule has 0 atom stereocenters. The first kappa shape index (κ1) is 14.2. The number of nitrogens with one attached hydrogen (secondary N) is 1. The lowest BCUT2D eigenvalue weighted by Gasteiger charge is -2.06. The van der Waals surface area contributed by atoms with Gasteiger partial charge in [0.2, 0.25) is 0 Å². The SMILES string of the molecule is CCOCCCNc1ccc2cc([N+](=O)[O-])ccc2n1. The molecule has 0 radical (unpaired) electrons. The number of ether oxygens (including phenoxy) is 1. The highest BCUT2D eigenvalue weighted by atomic mass is 16.6. The van der Waals surface area contributed by atoms with E-state index in [4.69, 9.17) is 4.74 Å². The first-order valence-corrected chi connectivity index (χ1v) is 6.57. The molecule has 20 heavy (non-hydrogen) atoms. The third kappa shape index (κ3) is 3.64. The lowest BCUT2D eigenvalue weighted by Crippen LogP contribution is -2.06. The zero-order chi connectivity index (χ0) is 14.4. The van der Waals surface area contributed by atoms with Crippen LogP contribution < -0.4 is 5.32 Å². The van der Waals surface area contributed by atoms with Crippen LogP contribution in [0.4, 0.5) is 11.5 Å². The molecule has 2 aromatic rings. The van der Waals surface area contributed by atoms with Crippen molar-refractivity contribution in [1.29, 1.82) is 0 Å². The summed E-state index contributed by atoms with van der Waals surface area (Å²) in [6, 6.07) is 8.32. The van der Waals surface area contributed by atoms with Gasteiger partial charge in [-0.15, -0.1) is 0 Å². The maximum absolute atomic E-state index is 10.7. The predicted octanol–water partition coefficient (Wildman–Crippen LogP) is 2.98. The fraction of sp³-hybridized carbons (Fsp3) is 0.357. The molecule has 1 heterocycles. The van der Waals surface area contributed by atoms with E-state index in [1.807, 2.05) is 19.1 Å². The fourth-order valence-corrected chi connectivity index (χ4v) is 1.86. The second-order valence-electron chi connectivity index (χ2n) is 4.31. The Bertz CT molecular complexity index is 601. The Balaban J connectivity index is 2.02. The first-order chi connectivity index (χ1) is 9.70. The average Bonchev–Trinajstić information content (AvgIpc) is 2.46. The molecule has 2 rings (SSSR count). The van der Waals surface area contributed by atoms with Gasteiger partial charge in [-0.25, -0.2) is 4.98 Å². The molecule has 6 nitrogen and oxygen atoms in total. The molecule has 0 aliphatic heterocycles. The number of hydrogen-bond donors (Lipinski definition) is 1. The van der Waals surface area contributed by atoms with Gasteiger partial charge < -0.3 is 10.1 Å². The van der Waals surface area contributed by atoms with Crippen molar-refractivity contribution in [3.63, 3.8) is 0 Å². The van der Waals surface area contributed by atoms with E-state index in [9.17, 15) is 10.1 Å². The number of pyridine rings is 1. The van der Waals surface area contributed by atoms with Crippen molar-refractivity contribution in [3.05, 3.63) is 40.4 Å². The van der Waals surface area contributed by atoms with Gasteiger partial charge in [-0.1, -0.05) is 0 Å². The van der Waals surface area contributed by atoms with E-state index in [1.54, 1.807) is 6.07 Å². The van der Waals surface area contributed by atoms with Crippen molar-refractivity contribution < 1.29 is 9.66 Å². The fourth-order valence-electron chi connectivity index (χ4n) is 1.86. The van der Waals surface area contributed by atoms with Crippen LogP contribution in [0.25, 0.3) is 10.9 Å². The van der Waals surface area contributed by atoms with E-state index in [0.29, 0.717) is 0 Å². The standard InChI is InChI=1S/C14H17N3O3/c1-2-20-9-3-8-15-14-7-4-11-10-12(17(18)19)5-6-13(11)16-14/h4-7,10H,2-3,8-9H2,1H3,(H,15,16). The third-order valence-corrected chi connectivity index (χ3v) is 2.86. The number of anilines is 1. The maximum Gasteiger partial charge on any atom is 0.270 e. The summed E-state index contributed by atoms with van der Waals surface area (Å²) < 4.78 is 5.25. The molecule has 0 unspecified atom stereocenters. The lowest BCUT2D eigenvalue weighted by molar-refractivity contribution is -0.384. The summed E-state index contributed by atoms with van der Waals surface area (Å²) >= 11 is 0. The van der Waals surface area contributed by atoms with Crippen molar-refractivity contribution >= 4 is 22.4 Å². The molecular formula is C14H17N3O3. The molecule has 0 aliphatic rings. The molecule has 0 amide bonds. The second-order valence-corrected chi connectivity index (χ2v) is 4.31. The van der Waals surface area contributed by atoms with Gasteiger partial charge in [0.25, 0.3) is 5.69 Å². The van der Waals surface area contributed by atoms with Gasteiger partial charge in [-0.2, -0.15) is 0 Å². The van der Waals surface area contributed by atoms with Gasteiger partial charge >= 0.3 is 0 Å². The molecule has 106 valence electrons. The Morgan fingerprint density at radius 3 is 2.95 bits per heavy atom. The van der Waals surface area contributed by atoms with Gasteiger partial charge in [0.15, 0.2) is 0 Å². The minimum atomic E-state index is -0.403. The van der Waals surface area contributed by atoms with Gasteiger partial charge in [0, 0.05) is 37.3 Å². The molecule has 6 heteroatoms. The molecule has 1 aromatic heterocycles. The molecule has 0 saturated heterocycles. The predicted molar refractivity (Wildman–Crippen MR) is 78.0 cm³/mol. The van der Waals surface area contributed by atoms with Crippen LogP contribution in [0.3, 0.4) is 0 Å². The average molecular weight is 275 g/mol. The minimum Gasteiger partial charge on any atom is -0.382 e. The van der Waals surface area contributed by atoms with Crippen LogP contribution in [0.5, 0.6) is 0 Å². The normalized spacial score (nSPS) is 10.7. The second kappa shape index (κ2) is 6.81. The molecular weight excluding hydrogens is 258 g/mol. The summed E-state index contributed by atoms with van der Waals surface area (Å²) in [4.78, 5) is 14.7. The van der Waals surface area contributed by atoms with Crippen LogP contribution in [0, 0.1) is 10.1 Å². The topological polar surface area (TPSA) is 77.3 Å². The third-order valence-electron chi connectivity index (χ3n) is 2.86. The lowest BCUT2D eigenvalue weighted by atomic mass is 10.2. The van der Waals surface area contributed by atoms with Crippen molar-refractivity contribution in [2.75, 3.05) is 25.1 Å². The number of fused-ring (bicyclic) bond motifs is 1. The number of rotatable bonds is 7. The molecule has 0 saturated carbocycles. The van der Waals surface area contributed by atoms with E-state index in [0.717, 1.165) is 42.9 Å². The zero-order valence-corrected chi connectivity index (χ0v) is 11.3. The van der Waals surface area contributed by atoms with E-state index in [1.165, 1.54) is 12.1 Å². The maximum atomic E-state index is 10.7. The zero-order valence-electron chi connectivity index (χ0n) is 11.3. The van der Waals surface area contributed by atoms with Crippen LogP contribution in [0.2, 0.25) is 0 Å². The summed E-state index contributed by atoms with van der Waals surface area (Å²) in [6.07, 6.45) is 0.911. The largest absolute Gasteiger partial charge is 0.382 e. The Labute approximate surface area is 116 Å². The Hall–Kier alpha value is -2.21. The first-order valence-electron chi connectivity index (χ1n) is 6.57. The van der Waals surface area contributed by atoms with Crippen LogP contribution in [-0.2, 0) is 4.74 Å². The van der Waals surface area contributed by atoms with Gasteiger partial charge in [0.05, 0.1) is 10.4 Å². The summed E-state index contributed by atoms with van der Waals surface area (Å²) in [5, 5.41) is 14.7. The Kier molecular flexibility index (Phi) is 4.84. The number of hydrogen-bond acceptors (Lipinski definition) is 5. The van der Waals surface area contributed by atoms with Crippen LogP contribution >= 0.6 is 0 Å². The molecule has 0 aliphatic carbocycles. The molecule has 0 bridgehead atoms. The number of benzene rings is 1. The van der Waals surface area contributed by atoms with Crippen molar-refractivity contribution in [3.8, 4) is 0 Å². The van der Waals surface area contributed by atoms with Gasteiger partial charge in [0.1, 0.15) is 5.82 Å². The van der Waals surface area contributed by atoms with E-state index in [-0.39, 0.29) is 5.69 Å². The van der Waals surface area contributed by atoms with E-state index in [2.05, 4.69) is 10.3 Å².